The molecule has 2 aromatic rings. The van der Waals surface area contributed by atoms with E-state index in [1.54, 1.807) is 42.4 Å². The molecule has 1 amide bonds. The van der Waals surface area contributed by atoms with Crippen LogP contribution in [-0.2, 0) is 6.54 Å². The Hall–Kier alpha value is -2.24. The lowest BCUT2D eigenvalue weighted by molar-refractivity contribution is 0.0764. The van der Waals surface area contributed by atoms with E-state index in [-0.39, 0.29) is 5.91 Å². The van der Waals surface area contributed by atoms with Crippen LogP contribution < -0.4 is 9.47 Å². The minimum atomic E-state index is -0.113. The Morgan fingerprint density at radius 2 is 2.04 bits per heavy atom. The van der Waals surface area contributed by atoms with Crippen LogP contribution in [0.4, 0.5) is 0 Å². The van der Waals surface area contributed by atoms with Crippen molar-refractivity contribution in [2.75, 3.05) is 20.3 Å². The zero-order valence-corrected chi connectivity index (χ0v) is 15.6. The van der Waals surface area contributed by atoms with Gasteiger partial charge in [-0.05, 0) is 30.3 Å². The molecule has 0 atom stereocenters. The number of benzene rings is 1. The fourth-order valence-electron chi connectivity index (χ4n) is 2.25. The lowest BCUT2D eigenvalue weighted by atomic mass is 10.1. The highest BCUT2D eigenvalue weighted by Crippen LogP contribution is 2.29. The van der Waals surface area contributed by atoms with Crippen molar-refractivity contribution in [3.63, 3.8) is 0 Å². The van der Waals surface area contributed by atoms with Crippen molar-refractivity contribution >= 4 is 28.8 Å². The minimum absolute atomic E-state index is 0.113. The molecule has 0 radical (unpaired) electrons. The normalized spacial score (nSPS) is 10.2. The van der Waals surface area contributed by atoms with E-state index in [4.69, 9.17) is 21.1 Å². The first kappa shape index (κ1) is 19.1. The van der Waals surface area contributed by atoms with Crippen molar-refractivity contribution in [2.24, 2.45) is 0 Å². The third-order valence-corrected chi connectivity index (χ3v) is 4.60. The monoisotopic (exact) mass is 377 g/mol. The van der Waals surface area contributed by atoms with Crippen molar-refractivity contribution in [3.8, 4) is 11.5 Å². The number of hydrogen-bond donors (Lipinski definition) is 0. The van der Waals surface area contributed by atoms with Gasteiger partial charge in [0.25, 0.3) is 5.91 Å². The number of hydrogen-bond acceptors (Lipinski definition) is 4. The molecule has 2 rings (SSSR count). The first-order valence-corrected chi connectivity index (χ1v) is 8.84. The third-order valence-electron chi connectivity index (χ3n) is 3.38. The Kier molecular flexibility index (Phi) is 7.10. The molecule has 0 aliphatic rings. The Bertz CT molecular complexity index is 757. The fourth-order valence-corrected chi connectivity index (χ4v) is 3.35. The van der Waals surface area contributed by atoms with Crippen LogP contribution in [0.1, 0.15) is 15.2 Å². The summed E-state index contributed by atoms with van der Waals surface area (Å²) in [7, 11) is 1.54. The highest BCUT2D eigenvalue weighted by Gasteiger charge is 2.18. The summed E-state index contributed by atoms with van der Waals surface area (Å²) < 4.78 is 11.6. The molecule has 1 aromatic heterocycles. The van der Waals surface area contributed by atoms with Gasteiger partial charge in [0.2, 0.25) is 0 Å². The molecule has 0 aliphatic carbocycles. The molecule has 4 nitrogen and oxygen atoms in total. The number of nitrogens with zero attached hydrogens (tertiary/aromatic N) is 1. The second kappa shape index (κ2) is 9.30. The Balaban J connectivity index is 2.22. The highest BCUT2D eigenvalue weighted by atomic mass is 35.5. The summed E-state index contributed by atoms with van der Waals surface area (Å²) in [5, 5.41) is 0. The van der Waals surface area contributed by atoms with E-state index in [9.17, 15) is 4.79 Å². The Labute approximate surface area is 156 Å². The second-order valence-corrected chi connectivity index (χ2v) is 6.95. The standard InChI is InChI=1S/C19H20ClNO3S/c1-4-10-21(13-15-7-9-18(20)25-15)19(22)14-6-8-16(24-11-5-2)17(12-14)23-3/h4-9,12H,1-2,10-11,13H2,3H3. The summed E-state index contributed by atoms with van der Waals surface area (Å²) in [6.45, 7) is 8.63. The molecule has 0 saturated carbocycles. The predicted molar refractivity (Wildman–Crippen MR) is 103 cm³/mol. The molecule has 1 aromatic carbocycles. The van der Waals surface area contributed by atoms with Crippen LogP contribution in [-0.4, -0.2) is 31.1 Å². The van der Waals surface area contributed by atoms with E-state index in [2.05, 4.69) is 13.2 Å². The number of amides is 1. The Morgan fingerprint density at radius 1 is 1.24 bits per heavy atom. The van der Waals surface area contributed by atoms with E-state index in [0.717, 1.165) is 4.88 Å². The molecular weight excluding hydrogens is 358 g/mol. The van der Waals surface area contributed by atoms with Crippen molar-refractivity contribution in [2.45, 2.75) is 6.54 Å². The zero-order valence-electron chi connectivity index (χ0n) is 14.0. The Morgan fingerprint density at radius 3 is 2.64 bits per heavy atom. The fraction of sp³-hybridized carbons (Fsp3) is 0.211. The maximum atomic E-state index is 12.9. The molecule has 1 heterocycles. The summed E-state index contributed by atoms with van der Waals surface area (Å²) in [6, 6.07) is 8.87. The van der Waals surface area contributed by atoms with Gasteiger partial charge in [0.05, 0.1) is 18.0 Å². The number of thiophene rings is 1. The zero-order chi connectivity index (χ0) is 18.2. The average molecular weight is 378 g/mol. The molecule has 0 bridgehead atoms. The molecule has 0 unspecified atom stereocenters. The van der Waals surface area contributed by atoms with Gasteiger partial charge in [0, 0.05) is 17.0 Å². The average Bonchev–Trinajstić information content (AvgIpc) is 3.03. The first-order valence-electron chi connectivity index (χ1n) is 7.65. The van der Waals surface area contributed by atoms with Crippen molar-refractivity contribution < 1.29 is 14.3 Å². The molecule has 0 spiro atoms. The minimum Gasteiger partial charge on any atom is -0.493 e. The molecule has 25 heavy (non-hydrogen) atoms. The van der Waals surface area contributed by atoms with Crippen LogP contribution in [0.2, 0.25) is 4.34 Å². The van der Waals surface area contributed by atoms with E-state index in [1.807, 2.05) is 12.1 Å². The lowest BCUT2D eigenvalue weighted by Crippen LogP contribution is -2.30. The van der Waals surface area contributed by atoms with Crippen LogP contribution in [0.3, 0.4) is 0 Å². The third kappa shape index (κ3) is 5.11. The molecule has 0 aliphatic heterocycles. The van der Waals surface area contributed by atoms with Crippen LogP contribution in [0.15, 0.2) is 55.6 Å². The van der Waals surface area contributed by atoms with Gasteiger partial charge < -0.3 is 14.4 Å². The topological polar surface area (TPSA) is 38.8 Å². The molecule has 6 heteroatoms. The van der Waals surface area contributed by atoms with Gasteiger partial charge in [-0.15, -0.1) is 17.9 Å². The van der Waals surface area contributed by atoms with Gasteiger partial charge in [-0.25, -0.2) is 0 Å². The van der Waals surface area contributed by atoms with Gasteiger partial charge in [-0.1, -0.05) is 30.3 Å². The maximum Gasteiger partial charge on any atom is 0.254 e. The second-order valence-electron chi connectivity index (χ2n) is 5.15. The van der Waals surface area contributed by atoms with Gasteiger partial charge >= 0.3 is 0 Å². The number of methoxy groups -OCH3 is 1. The van der Waals surface area contributed by atoms with Gasteiger partial charge in [-0.3, -0.25) is 4.79 Å². The summed E-state index contributed by atoms with van der Waals surface area (Å²) in [5.41, 5.74) is 0.521. The largest absolute Gasteiger partial charge is 0.493 e. The number of carbonyl (C=O) groups excluding carboxylic acids is 1. The molecule has 0 fully saturated rings. The van der Waals surface area contributed by atoms with Crippen molar-refractivity contribution in [3.05, 3.63) is 70.4 Å². The summed E-state index contributed by atoms with van der Waals surface area (Å²) in [4.78, 5) is 15.6. The lowest BCUT2D eigenvalue weighted by Gasteiger charge is -2.21. The molecule has 0 N–H and O–H groups in total. The maximum absolute atomic E-state index is 12.9. The summed E-state index contributed by atoms with van der Waals surface area (Å²) in [5.74, 6) is 0.961. The molecular formula is C19H20ClNO3S. The van der Waals surface area contributed by atoms with E-state index < -0.39 is 0 Å². The smallest absolute Gasteiger partial charge is 0.254 e. The van der Waals surface area contributed by atoms with Crippen LogP contribution in [0.25, 0.3) is 0 Å². The highest BCUT2D eigenvalue weighted by molar-refractivity contribution is 7.16. The number of carbonyl (C=O) groups is 1. The van der Waals surface area contributed by atoms with Crippen molar-refractivity contribution in [1.82, 2.24) is 4.90 Å². The summed E-state index contributed by atoms with van der Waals surface area (Å²) in [6.07, 6.45) is 3.35. The SMILES string of the molecule is C=CCOc1ccc(C(=O)N(CC=C)Cc2ccc(Cl)s2)cc1OC. The van der Waals surface area contributed by atoms with Crippen LogP contribution in [0, 0.1) is 0 Å². The van der Waals surface area contributed by atoms with Gasteiger partial charge in [0.1, 0.15) is 6.61 Å². The first-order chi connectivity index (χ1) is 12.1. The van der Waals surface area contributed by atoms with Crippen LogP contribution >= 0.6 is 22.9 Å². The number of halogens is 1. The van der Waals surface area contributed by atoms with Crippen LogP contribution in [0.5, 0.6) is 11.5 Å². The van der Waals surface area contributed by atoms with Gasteiger partial charge in [-0.2, -0.15) is 0 Å². The van der Waals surface area contributed by atoms with E-state index in [0.29, 0.717) is 41.1 Å². The quantitative estimate of drug-likeness (QED) is 0.589. The predicted octanol–water partition coefficient (Wildman–Crippen LogP) is 4.80. The van der Waals surface area contributed by atoms with E-state index >= 15 is 0 Å². The number of ether oxygens (including phenoxy) is 2. The molecule has 132 valence electrons. The molecule has 0 saturated heterocycles. The van der Waals surface area contributed by atoms with Crippen molar-refractivity contribution in [1.29, 1.82) is 0 Å². The number of rotatable bonds is 9. The summed E-state index contributed by atoms with van der Waals surface area (Å²) >= 11 is 7.43. The van der Waals surface area contributed by atoms with Gasteiger partial charge in [0.15, 0.2) is 11.5 Å². The van der Waals surface area contributed by atoms with E-state index in [1.165, 1.54) is 11.3 Å².